The van der Waals surface area contributed by atoms with E-state index in [2.05, 4.69) is 5.32 Å². The zero-order chi connectivity index (χ0) is 18.1. The van der Waals surface area contributed by atoms with Crippen molar-refractivity contribution in [3.05, 3.63) is 30.1 Å². The number of nitrogens with one attached hydrogen (secondary N) is 1. The summed E-state index contributed by atoms with van der Waals surface area (Å²) in [5.41, 5.74) is 5.39. The molecule has 1 aliphatic heterocycles. The number of amides is 2. The fourth-order valence-electron chi connectivity index (χ4n) is 2.89. The van der Waals surface area contributed by atoms with E-state index in [9.17, 15) is 14.0 Å². The van der Waals surface area contributed by atoms with Crippen LogP contribution >= 0.6 is 0 Å². The second kappa shape index (κ2) is 9.98. The first-order chi connectivity index (χ1) is 12.1. The molecule has 1 aromatic rings. The Hall–Kier alpha value is -2.15. The smallest absolute Gasteiger partial charge is 0.224 e. The van der Waals surface area contributed by atoms with Gasteiger partial charge in [-0.15, -0.1) is 0 Å². The van der Waals surface area contributed by atoms with E-state index >= 15 is 0 Å². The topological polar surface area (TPSA) is 84.7 Å². The average Bonchev–Trinajstić information content (AvgIpc) is 2.63. The molecule has 0 spiro atoms. The zero-order valence-corrected chi connectivity index (χ0v) is 14.4. The van der Waals surface area contributed by atoms with Gasteiger partial charge in [-0.1, -0.05) is 6.07 Å². The third-order valence-electron chi connectivity index (χ3n) is 4.19. The van der Waals surface area contributed by atoms with E-state index in [-0.39, 0.29) is 23.5 Å². The molecule has 25 heavy (non-hydrogen) atoms. The molecule has 1 heterocycles. The number of hydrogen-bond acceptors (Lipinski definition) is 4. The molecule has 138 valence electrons. The Morgan fingerprint density at radius 1 is 1.40 bits per heavy atom. The van der Waals surface area contributed by atoms with Crippen molar-refractivity contribution in [2.45, 2.75) is 25.7 Å². The van der Waals surface area contributed by atoms with Crippen molar-refractivity contribution < 1.29 is 18.7 Å². The number of piperidine rings is 1. The monoisotopic (exact) mass is 351 g/mol. The Bertz CT molecular complexity index is 582. The Morgan fingerprint density at radius 2 is 2.24 bits per heavy atom. The predicted octanol–water partition coefficient (Wildman–Crippen LogP) is 1.30. The minimum Gasteiger partial charge on any atom is -0.493 e. The largest absolute Gasteiger partial charge is 0.493 e. The summed E-state index contributed by atoms with van der Waals surface area (Å²) in [4.78, 5) is 26.1. The summed E-state index contributed by atoms with van der Waals surface area (Å²) in [6, 6.07) is 5.93. The molecule has 0 radical (unpaired) electrons. The summed E-state index contributed by atoms with van der Waals surface area (Å²) < 4.78 is 18.5. The fraction of sp³-hybridized carbons (Fsp3) is 0.556. The number of carbonyl (C=O) groups excluding carboxylic acids is 2. The molecule has 0 aliphatic carbocycles. The van der Waals surface area contributed by atoms with Gasteiger partial charge in [0.1, 0.15) is 11.6 Å². The summed E-state index contributed by atoms with van der Waals surface area (Å²) in [6.07, 6.45) is 2.53. The lowest BCUT2D eigenvalue weighted by Gasteiger charge is -2.32. The highest BCUT2D eigenvalue weighted by Gasteiger charge is 2.27. The zero-order valence-electron chi connectivity index (χ0n) is 14.4. The number of hydrogen-bond donors (Lipinski definition) is 2. The Labute approximate surface area is 147 Å². The predicted molar refractivity (Wildman–Crippen MR) is 92.5 cm³/mol. The maximum Gasteiger partial charge on any atom is 0.224 e. The number of nitrogens with two attached hydrogens (primary N) is 1. The molecule has 1 aromatic carbocycles. The van der Waals surface area contributed by atoms with Gasteiger partial charge in [0.2, 0.25) is 11.8 Å². The molecule has 1 unspecified atom stereocenters. The van der Waals surface area contributed by atoms with Crippen molar-refractivity contribution >= 4 is 11.8 Å². The molecule has 6 nitrogen and oxygen atoms in total. The van der Waals surface area contributed by atoms with Crippen LogP contribution in [0.25, 0.3) is 0 Å². The molecular formula is C18H26FN3O3. The van der Waals surface area contributed by atoms with Gasteiger partial charge in [0, 0.05) is 38.7 Å². The van der Waals surface area contributed by atoms with E-state index in [0.717, 1.165) is 12.8 Å². The highest BCUT2D eigenvalue weighted by atomic mass is 19.1. The summed E-state index contributed by atoms with van der Waals surface area (Å²) >= 11 is 0. The van der Waals surface area contributed by atoms with Crippen molar-refractivity contribution in [2.24, 2.45) is 11.7 Å². The van der Waals surface area contributed by atoms with Gasteiger partial charge in [-0.25, -0.2) is 4.39 Å². The SMILES string of the molecule is NCCNC(=O)C1CCCN(C(=O)CCCOc2cccc(F)c2)C1. The van der Waals surface area contributed by atoms with Gasteiger partial charge in [0.05, 0.1) is 12.5 Å². The second-order valence-electron chi connectivity index (χ2n) is 6.17. The fourth-order valence-corrected chi connectivity index (χ4v) is 2.89. The Kier molecular flexibility index (Phi) is 7.66. The van der Waals surface area contributed by atoms with Crippen LogP contribution in [0.5, 0.6) is 5.75 Å². The van der Waals surface area contributed by atoms with Crippen LogP contribution < -0.4 is 15.8 Å². The molecule has 0 saturated carbocycles. The van der Waals surface area contributed by atoms with E-state index in [1.807, 2.05) is 0 Å². The lowest BCUT2D eigenvalue weighted by atomic mass is 9.96. The molecule has 3 N–H and O–H groups in total. The minimum atomic E-state index is -0.346. The molecule has 0 bridgehead atoms. The second-order valence-corrected chi connectivity index (χ2v) is 6.17. The molecule has 1 fully saturated rings. The summed E-state index contributed by atoms with van der Waals surface area (Å²) in [6.45, 7) is 2.36. The van der Waals surface area contributed by atoms with Crippen LogP contribution in [-0.2, 0) is 9.59 Å². The van der Waals surface area contributed by atoms with Gasteiger partial charge in [-0.05, 0) is 31.4 Å². The lowest BCUT2D eigenvalue weighted by Crippen LogP contribution is -2.46. The van der Waals surface area contributed by atoms with Crippen LogP contribution in [0.1, 0.15) is 25.7 Å². The number of likely N-dealkylation sites (tertiary alicyclic amines) is 1. The molecule has 2 amide bonds. The van der Waals surface area contributed by atoms with Crippen LogP contribution in [0.2, 0.25) is 0 Å². The molecular weight excluding hydrogens is 325 g/mol. The van der Waals surface area contributed by atoms with Crippen LogP contribution in [0.3, 0.4) is 0 Å². The van der Waals surface area contributed by atoms with E-state index in [4.69, 9.17) is 10.5 Å². The van der Waals surface area contributed by atoms with Gasteiger partial charge < -0.3 is 20.7 Å². The van der Waals surface area contributed by atoms with Gasteiger partial charge in [0.25, 0.3) is 0 Å². The van der Waals surface area contributed by atoms with E-state index in [0.29, 0.717) is 51.4 Å². The third-order valence-corrected chi connectivity index (χ3v) is 4.19. The molecule has 0 aromatic heterocycles. The summed E-state index contributed by atoms with van der Waals surface area (Å²) in [5, 5.41) is 2.78. The maximum atomic E-state index is 13.0. The summed E-state index contributed by atoms with van der Waals surface area (Å²) in [5.74, 6) is -0.0488. The number of ether oxygens (including phenoxy) is 1. The van der Waals surface area contributed by atoms with Crippen molar-refractivity contribution in [1.82, 2.24) is 10.2 Å². The number of carbonyl (C=O) groups is 2. The molecule has 1 atom stereocenters. The van der Waals surface area contributed by atoms with Crippen molar-refractivity contribution in [1.29, 1.82) is 0 Å². The normalized spacial score (nSPS) is 17.2. The minimum absolute atomic E-state index is 0.0270. The molecule has 1 saturated heterocycles. The van der Waals surface area contributed by atoms with E-state index in [1.165, 1.54) is 12.1 Å². The molecule has 1 aliphatic rings. The van der Waals surface area contributed by atoms with E-state index < -0.39 is 0 Å². The number of benzene rings is 1. The van der Waals surface area contributed by atoms with E-state index in [1.54, 1.807) is 17.0 Å². The highest BCUT2D eigenvalue weighted by Crippen LogP contribution is 2.18. The Morgan fingerprint density at radius 3 is 3.00 bits per heavy atom. The standard InChI is InChI=1S/C18H26FN3O3/c19-15-5-1-6-16(12-15)25-11-3-7-17(23)22-10-2-4-14(13-22)18(24)21-9-8-20/h1,5-6,12,14H,2-4,7-11,13,20H2,(H,21,24). The first-order valence-electron chi connectivity index (χ1n) is 8.74. The van der Waals surface area contributed by atoms with Crippen LogP contribution in [-0.4, -0.2) is 49.5 Å². The molecule has 7 heteroatoms. The van der Waals surface area contributed by atoms with Crippen LogP contribution in [0.4, 0.5) is 4.39 Å². The average molecular weight is 351 g/mol. The van der Waals surface area contributed by atoms with Gasteiger partial charge >= 0.3 is 0 Å². The van der Waals surface area contributed by atoms with Crippen molar-refractivity contribution in [3.8, 4) is 5.75 Å². The van der Waals surface area contributed by atoms with Gasteiger partial charge in [-0.2, -0.15) is 0 Å². The van der Waals surface area contributed by atoms with Crippen LogP contribution in [0, 0.1) is 11.7 Å². The van der Waals surface area contributed by atoms with Crippen LogP contribution in [0.15, 0.2) is 24.3 Å². The summed E-state index contributed by atoms with van der Waals surface area (Å²) in [7, 11) is 0. The number of rotatable bonds is 8. The first-order valence-corrected chi connectivity index (χ1v) is 8.74. The van der Waals surface area contributed by atoms with Gasteiger partial charge in [0.15, 0.2) is 0 Å². The third kappa shape index (κ3) is 6.34. The maximum absolute atomic E-state index is 13.0. The first kappa shape index (κ1) is 19.2. The van der Waals surface area contributed by atoms with Gasteiger partial charge in [-0.3, -0.25) is 9.59 Å². The highest BCUT2D eigenvalue weighted by molar-refractivity contribution is 5.81. The Balaban J connectivity index is 1.70. The quantitative estimate of drug-likeness (QED) is 0.692. The number of halogens is 1. The molecule has 2 rings (SSSR count). The van der Waals surface area contributed by atoms with Crippen molar-refractivity contribution in [2.75, 3.05) is 32.8 Å². The van der Waals surface area contributed by atoms with Crippen molar-refractivity contribution in [3.63, 3.8) is 0 Å². The lowest BCUT2D eigenvalue weighted by molar-refractivity contribution is -0.135. The number of nitrogens with zero attached hydrogens (tertiary/aromatic N) is 1.